The molecule has 0 spiro atoms. The van der Waals surface area contributed by atoms with Crippen LogP contribution < -0.4 is 5.32 Å². The van der Waals surface area contributed by atoms with Crippen LogP contribution in [-0.4, -0.2) is 51.0 Å². The van der Waals surface area contributed by atoms with Gasteiger partial charge >= 0.3 is 0 Å². The Kier molecular flexibility index (Phi) is 7.01. The molecule has 2 amide bonds. The molecule has 29 heavy (non-hydrogen) atoms. The average molecular weight is 398 g/mol. The molecule has 1 aromatic heterocycles. The van der Waals surface area contributed by atoms with Crippen LogP contribution in [0, 0.1) is 11.8 Å². The summed E-state index contributed by atoms with van der Waals surface area (Å²) in [5.74, 6) is 1.67. The number of rotatable bonds is 7. The van der Waals surface area contributed by atoms with Gasteiger partial charge in [-0.1, -0.05) is 51.1 Å². The minimum Gasteiger partial charge on any atom is -0.353 e. The number of hydrogen-bond donors (Lipinski definition) is 2. The molecule has 2 N–H and O–H groups in total. The molecule has 2 atom stereocenters. The molecule has 7 nitrogen and oxygen atoms in total. The maximum atomic E-state index is 12.8. The number of amides is 2. The molecule has 0 aliphatic carbocycles. The van der Waals surface area contributed by atoms with E-state index >= 15 is 0 Å². The Labute approximate surface area is 172 Å². The number of likely N-dealkylation sites (tertiary alicyclic amines) is 1. The highest BCUT2D eigenvalue weighted by atomic mass is 16.2. The van der Waals surface area contributed by atoms with Crippen LogP contribution in [0.4, 0.5) is 0 Å². The van der Waals surface area contributed by atoms with Crippen LogP contribution in [0.3, 0.4) is 0 Å². The molecular formula is C22H31N5O2. The fourth-order valence-electron chi connectivity index (χ4n) is 3.74. The lowest BCUT2D eigenvalue weighted by Crippen LogP contribution is -2.53. The van der Waals surface area contributed by atoms with Crippen molar-refractivity contribution >= 4 is 11.8 Å². The maximum absolute atomic E-state index is 12.8. The molecule has 0 radical (unpaired) electrons. The van der Waals surface area contributed by atoms with Crippen molar-refractivity contribution in [1.82, 2.24) is 25.4 Å². The predicted molar refractivity (Wildman–Crippen MR) is 111 cm³/mol. The number of aromatic amines is 1. The van der Waals surface area contributed by atoms with Gasteiger partial charge in [0.2, 0.25) is 11.8 Å². The highest BCUT2D eigenvalue weighted by Crippen LogP contribution is 2.21. The van der Waals surface area contributed by atoms with Crippen LogP contribution in [0.2, 0.25) is 0 Å². The molecule has 0 saturated carbocycles. The first-order chi connectivity index (χ1) is 14.0. The third kappa shape index (κ3) is 5.65. The fourth-order valence-corrected chi connectivity index (χ4v) is 3.74. The summed E-state index contributed by atoms with van der Waals surface area (Å²) in [6.45, 7) is 7.23. The van der Waals surface area contributed by atoms with E-state index in [-0.39, 0.29) is 36.1 Å². The SMILES string of the molecule is CC[C@@H]1CN(C(=O)Cc2n[nH]c(Cc3ccccc3)n2)CC[C@@H]1NC(=O)C(C)C. The van der Waals surface area contributed by atoms with Gasteiger partial charge in [-0.25, -0.2) is 4.98 Å². The van der Waals surface area contributed by atoms with E-state index in [1.165, 1.54) is 0 Å². The highest BCUT2D eigenvalue weighted by molar-refractivity contribution is 5.79. The molecule has 2 aromatic rings. The van der Waals surface area contributed by atoms with Gasteiger partial charge in [0.15, 0.2) is 5.82 Å². The summed E-state index contributed by atoms with van der Waals surface area (Å²) in [5, 5.41) is 10.3. The highest BCUT2D eigenvalue weighted by Gasteiger charge is 2.32. The van der Waals surface area contributed by atoms with E-state index in [9.17, 15) is 9.59 Å². The van der Waals surface area contributed by atoms with E-state index in [1.54, 1.807) is 0 Å². The van der Waals surface area contributed by atoms with Gasteiger partial charge in [0.25, 0.3) is 0 Å². The number of nitrogens with one attached hydrogen (secondary N) is 2. The molecule has 2 heterocycles. The van der Waals surface area contributed by atoms with Crippen LogP contribution in [0.15, 0.2) is 30.3 Å². The van der Waals surface area contributed by atoms with Gasteiger partial charge in [0.1, 0.15) is 5.82 Å². The third-order valence-electron chi connectivity index (χ3n) is 5.56. The van der Waals surface area contributed by atoms with Gasteiger partial charge in [0.05, 0.1) is 6.42 Å². The Balaban J connectivity index is 1.54. The summed E-state index contributed by atoms with van der Waals surface area (Å²) in [5.41, 5.74) is 1.15. The van der Waals surface area contributed by atoms with E-state index in [4.69, 9.17) is 0 Å². The first-order valence-corrected chi connectivity index (χ1v) is 10.5. The third-order valence-corrected chi connectivity index (χ3v) is 5.56. The fraction of sp³-hybridized carbons (Fsp3) is 0.545. The molecule has 156 valence electrons. The number of hydrogen-bond acceptors (Lipinski definition) is 4. The van der Waals surface area contributed by atoms with E-state index < -0.39 is 0 Å². The molecule has 0 bridgehead atoms. The summed E-state index contributed by atoms with van der Waals surface area (Å²) >= 11 is 0. The van der Waals surface area contributed by atoms with E-state index in [0.29, 0.717) is 25.3 Å². The van der Waals surface area contributed by atoms with Crippen molar-refractivity contribution in [2.45, 2.75) is 52.5 Å². The van der Waals surface area contributed by atoms with Crippen LogP contribution >= 0.6 is 0 Å². The van der Waals surface area contributed by atoms with Crippen molar-refractivity contribution in [3.05, 3.63) is 47.5 Å². The van der Waals surface area contributed by atoms with Crippen LogP contribution in [-0.2, 0) is 22.4 Å². The zero-order chi connectivity index (χ0) is 20.8. The monoisotopic (exact) mass is 397 g/mol. The number of aromatic nitrogens is 3. The molecule has 1 saturated heterocycles. The summed E-state index contributed by atoms with van der Waals surface area (Å²) in [7, 11) is 0. The largest absolute Gasteiger partial charge is 0.353 e. The quantitative estimate of drug-likeness (QED) is 0.750. The minimum atomic E-state index is -0.0250. The zero-order valence-electron chi connectivity index (χ0n) is 17.5. The van der Waals surface area contributed by atoms with Gasteiger partial charge in [-0.3, -0.25) is 14.7 Å². The zero-order valence-corrected chi connectivity index (χ0v) is 17.5. The lowest BCUT2D eigenvalue weighted by molar-refractivity contribution is -0.133. The van der Waals surface area contributed by atoms with Crippen molar-refractivity contribution < 1.29 is 9.59 Å². The molecular weight excluding hydrogens is 366 g/mol. The van der Waals surface area contributed by atoms with Crippen LogP contribution in [0.5, 0.6) is 0 Å². The summed E-state index contributed by atoms with van der Waals surface area (Å²) < 4.78 is 0. The standard InChI is InChI=1S/C22H31N5O2/c1-4-17-14-27(11-10-18(17)23-22(29)15(2)3)21(28)13-20-24-19(25-26-20)12-16-8-6-5-7-9-16/h5-9,15,17-18H,4,10-14H2,1-3H3,(H,23,29)(H,24,25,26)/t17-,18+/m1/s1. The predicted octanol–water partition coefficient (Wildman–Crippen LogP) is 2.34. The molecule has 3 rings (SSSR count). The number of H-pyrrole nitrogens is 1. The first-order valence-electron chi connectivity index (χ1n) is 10.5. The van der Waals surface area contributed by atoms with Crippen LogP contribution in [0.1, 0.15) is 50.8 Å². The Hall–Kier alpha value is -2.70. The summed E-state index contributed by atoms with van der Waals surface area (Å²) in [6.07, 6.45) is 2.58. The minimum absolute atomic E-state index is 0.0250. The number of carbonyl (C=O) groups is 2. The average Bonchev–Trinajstić information content (AvgIpc) is 3.15. The molecule has 0 unspecified atom stereocenters. The van der Waals surface area contributed by atoms with E-state index in [1.807, 2.05) is 49.1 Å². The molecule has 7 heteroatoms. The Morgan fingerprint density at radius 2 is 2.03 bits per heavy atom. The van der Waals surface area contributed by atoms with Gasteiger partial charge in [-0.15, -0.1) is 0 Å². The second kappa shape index (κ2) is 9.67. The van der Waals surface area contributed by atoms with Crippen molar-refractivity contribution in [1.29, 1.82) is 0 Å². The number of nitrogens with zero attached hydrogens (tertiary/aromatic N) is 3. The molecule has 1 aliphatic heterocycles. The topological polar surface area (TPSA) is 91.0 Å². The number of piperidine rings is 1. The van der Waals surface area contributed by atoms with Crippen molar-refractivity contribution in [3.8, 4) is 0 Å². The van der Waals surface area contributed by atoms with Gasteiger partial charge in [0, 0.05) is 31.5 Å². The lowest BCUT2D eigenvalue weighted by Gasteiger charge is -2.38. The normalized spacial score (nSPS) is 19.4. The molecule has 1 fully saturated rings. The molecule has 1 aromatic carbocycles. The van der Waals surface area contributed by atoms with Gasteiger partial charge in [-0.2, -0.15) is 5.10 Å². The van der Waals surface area contributed by atoms with Crippen molar-refractivity contribution in [2.75, 3.05) is 13.1 Å². The first kappa shape index (κ1) is 21.0. The molecule has 1 aliphatic rings. The lowest BCUT2D eigenvalue weighted by atomic mass is 9.89. The van der Waals surface area contributed by atoms with Crippen molar-refractivity contribution in [2.24, 2.45) is 11.8 Å². The van der Waals surface area contributed by atoms with Gasteiger partial charge < -0.3 is 10.2 Å². The van der Waals surface area contributed by atoms with Gasteiger partial charge in [-0.05, 0) is 24.3 Å². The van der Waals surface area contributed by atoms with Crippen molar-refractivity contribution in [3.63, 3.8) is 0 Å². The van der Waals surface area contributed by atoms with E-state index in [0.717, 1.165) is 24.2 Å². The van der Waals surface area contributed by atoms with E-state index in [2.05, 4.69) is 27.4 Å². The Morgan fingerprint density at radius 1 is 1.28 bits per heavy atom. The number of carbonyl (C=O) groups excluding carboxylic acids is 2. The number of benzene rings is 1. The Morgan fingerprint density at radius 3 is 2.72 bits per heavy atom. The summed E-state index contributed by atoms with van der Waals surface area (Å²) in [6, 6.07) is 10.2. The summed E-state index contributed by atoms with van der Waals surface area (Å²) in [4.78, 5) is 31.2. The second-order valence-corrected chi connectivity index (χ2v) is 8.10. The second-order valence-electron chi connectivity index (χ2n) is 8.10. The Bertz CT molecular complexity index is 818. The van der Waals surface area contributed by atoms with Crippen LogP contribution in [0.25, 0.3) is 0 Å². The smallest absolute Gasteiger partial charge is 0.230 e. The maximum Gasteiger partial charge on any atom is 0.230 e.